The van der Waals surface area contributed by atoms with Gasteiger partial charge in [-0.3, -0.25) is 10.9 Å². The highest BCUT2D eigenvalue weighted by atomic mass is 32.1. The second-order valence-electron chi connectivity index (χ2n) is 7.13. The minimum absolute atomic E-state index is 0.438. The first-order valence-corrected chi connectivity index (χ1v) is 10.3. The van der Waals surface area contributed by atoms with Crippen molar-refractivity contribution < 1.29 is 4.74 Å². The Morgan fingerprint density at radius 2 is 1.68 bits per heavy atom. The number of thiocarbonyl (C=S) groups is 1. The lowest BCUT2D eigenvalue weighted by molar-refractivity contribution is 0.415. The highest BCUT2D eigenvalue weighted by Gasteiger charge is 2.16. The van der Waals surface area contributed by atoms with Crippen molar-refractivity contribution in [3.05, 3.63) is 95.1 Å². The zero-order chi connectivity index (χ0) is 21.6. The van der Waals surface area contributed by atoms with Gasteiger partial charge in [0, 0.05) is 17.7 Å². The Kier molecular flexibility index (Phi) is 6.24. The van der Waals surface area contributed by atoms with Gasteiger partial charge in [-0.25, -0.2) is 0 Å². The highest BCUT2D eigenvalue weighted by molar-refractivity contribution is 7.80. The van der Waals surface area contributed by atoms with Gasteiger partial charge in [-0.15, -0.1) is 5.10 Å². The SMILES string of the molecule is COc1ccc(C2=NN=C(NNC(=S)Nc3ccc(C)cc3)c3ccccc3C2)cc1. The lowest BCUT2D eigenvalue weighted by atomic mass is 9.98. The summed E-state index contributed by atoms with van der Waals surface area (Å²) in [5.41, 5.74) is 12.2. The summed E-state index contributed by atoms with van der Waals surface area (Å²) in [4.78, 5) is 0. The van der Waals surface area contributed by atoms with Crippen LogP contribution in [0.15, 0.2) is 83.0 Å². The van der Waals surface area contributed by atoms with E-state index in [1.807, 2.05) is 73.7 Å². The molecule has 0 atom stereocenters. The van der Waals surface area contributed by atoms with E-state index in [0.717, 1.165) is 33.8 Å². The minimum Gasteiger partial charge on any atom is -0.497 e. The average molecular weight is 430 g/mol. The van der Waals surface area contributed by atoms with E-state index >= 15 is 0 Å². The summed E-state index contributed by atoms with van der Waals surface area (Å²) < 4.78 is 5.25. The van der Waals surface area contributed by atoms with E-state index < -0.39 is 0 Å². The maximum Gasteiger partial charge on any atom is 0.189 e. The number of anilines is 1. The van der Waals surface area contributed by atoms with E-state index in [2.05, 4.69) is 32.4 Å². The maximum absolute atomic E-state index is 5.41. The number of nitrogens with zero attached hydrogens (tertiary/aromatic N) is 2. The molecule has 0 saturated heterocycles. The van der Waals surface area contributed by atoms with E-state index in [-0.39, 0.29) is 0 Å². The second-order valence-corrected chi connectivity index (χ2v) is 7.54. The standard InChI is InChI=1S/C24H23N5OS/c1-16-7-11-19(12-8-16)25-24(31)29-28-23-21-6-4-3-5-18(21)15-22(26-27-23)17-9-13-20(30-2)14-10-17/h3-14H,15H2,1-2H3,(H,27,28)(H2,25,29,31). The second kappa shape index (κ2) is 9.40. The molecule has 4 rings (SSSR count). The number of benzene rings is 3. The summed E-state index contributed by atoms with van der Waals surface area (Å²) >= 11 is 5.41. The molecule has 0 spiro atoms. The van der Waals surface area contributed by atoms with Gasteiger partial charge in [0.25, 0.3) is 0 Å². The van der Waals surface area contributed by atoms with E-state index in [0.29, 0.717) is 17.4 Å². The third-order valence-corrected chi connectivity index (χ3v) is 5.13. The summed E-state index contributed by atoms with van der Waals surface area (Å²) in [5.74, 6) is 1.41. The summed E-state index contributed by atoms with van der Waals surface area (Å²) in [7, 11) is 1.65. The van der Waals surface area contributed by atoms with Crippen LogP contribution in [0.2, 0.25) is 0 Å². The quantitative estimate of drug-likeness (QED) is 0.430. The Bertz CT molecular complexity index is 1140. The van der Waals surface area contributed by atoms with Crippen molar-refractivity contribution in [3.63, 3.8) is 0 Å². The number of ether oxygens (including phenoxy) is 1. The number of nitrogens with one attached hydrogen (secondary N) is 3. The van der Waals surface area contributed by atoms with Gasteiger partial charge >= 0.3 is 0 Å². The van der Waals surface area contributed by atoms with Crippen LogP contribution >= 0.6 is 12.2 Å². The molecule has 7 heteroatoms. The number of fused-ring (bicyclic) bond motifs is 1. The van der Waals surface area contributed by atoms with Crippen molar-refractivity contribution in [1.29, 1.82) is 0 Å². The molecular formula is C24H23N5OS. The van der Waals surface area contributed by atoms with Gasteiger partial charge in [0.15, 0.2) is 10.9 Å². The largest absolute Gasteiger partial charge is 0.497 e. The Morgan fingerprint density at radius 1 is 0.935 bits per heavy atom. The first-order chi connectivity index (χ1) is 15.1. The minimum atomic E-state index is 0.438. The van der Waals surface area contributed by atoms with Crippen molar-refractivity contribution in [2.45, 2.75) is 13.3 Å². The summed E-state index contributed by atoms with van der Waals surface area (Å²) in [6.07, 6.45) is 0.670. The van der Waals surface area contributed by atoms with Gasteiger partial charge in [-0.1, -0.05) is 42.0 Å². The van der Waals surface area contributed by atoms with Gasteiger partial charge in [0.1, 0.15) is 5.75 Å². The smallest absolute Gasteiger partial charge is 0.189 e. The number of methoxy groups -OCH3 is 1. The molecule has 0 bridgehead atoms. The molecule has 3 aromatic carbocycles. The lowest BCUT2D eigenvalue weighted by Crippen LogP contribution is -2.44. The zero-order valence-electron chi connectivity index (χ0n) is 17.3. The molecule has 0 unspecified atom stereocenters. The predicted octanol–water partition coefficient (Wildman–Crippen LogP) is 4.20. The number of aryl methyl sites for hydroxylation is 1. The molecule has 3 N–H and O–H groups in total. The van der Waals surface area contributed by atoms with E-state index in [4.69, 9.17) is 17.0 Å². The molecule has 31 heavy (non-hydrogen) atoms. The number of hydrogen-bond donors (Lipinski definition) is 3. The van der Waals surface area contributed by atoms with Crippen LogP contribution in [0.5, 0.6) is 5.75 Å². The Morgan fingerprint density at radius 3 is 2.42 bits per heavy atom. The van der Waals surface area contributed by atoms with Crippen LogP contribution in [0.3, 0.4) is 0 Å². The molecular weight excluding hydrogens is 406 g/mol. The van der Waals surface area contributed by atoms with Crippen LogP contribution in [0.1, 0.15) is 22.3 Å². The maximum atomic E-state index is 5.41. The van der Waals surface area contributed by atoms with Crippen LogP contribution in [-0.4, -0.2) is 23.8 Å². The van der Waals surface area contributed by atoms with Gasteiger partial charge in [0.2, 0.25) is 0 Å². The fourth-order valence-electron chi connectivity index (χ4n) is 3.24. The van der Waals surface area contributed by atoms with Crippen molar-refractivity contribution in [2.24, 2.45) is 10.2 Å². The van der Waals surface area contributed by atoms with E-state index in [9.17, 15) is 0 Å². The lowest BCUT2D eigenvalue weighted by Gasteiger charge is -2.15. The molecule has 0 aliphatic carbocycles. The number of hydrazine groups is 1. The van der Waals surface area contributed by atoms with E-state index in [1.165, 1.54) is 5.56 Å². The molecule has 0 aromatic heterocycles. The van der Waals surface area contributed by atoms with E-state index in [1.54, 1.807) is 7.11 Å². The molecule has 3 aromatic rings. The molecule has 0 fully saturated rings. The van der Waals surface area contributed by atoms with Crippen molar-refractivity contribution in [3.8, 4) is 5.75 Å². The molecule has 0 saturated carbocycles. The van der Waals surface area contributed by atoms with Crippen molar-refractivity contribution >= 4 is 34.6 Å². The Labute approximate surface area is 187 Å². The summed E-state index contributed by atoms with van der Waals surface area (Å²) in [5, 5.41) is 12.6. The van der Waals surface area contributed by atoms with Crippen molar-refractivity contribution in [2.75, 3.05) is 12.4 Å². The first kappa shape index (κ1) is 20.6. The Hall–Kier alpha value is -3.71. The number of hydrogen-bond acceptors (Lipinski definition) is 5. The topological polar surface area (TPSA) is 70.0 Å². The third kappa shape index (κ3) is 5.07. The van der Waals surface area contributed by atoms with Crippen LogP contribution in [-0.2, 0) is 6.42 Å². The first-order valence-electron chi connectivity index (χ1n) is 9.89. The van der Waals surface area contributed by atoms with Gasteiger partial charge in [-0.05, 0) is 66.7 Å². The monoisotopic (exact) mass is 429 g/mol. The molecule has 0 radical (unpaired) electrons. The van der Waals surface area contributed by atoms with Crippen LogP contribution in [0.25, 0.3) is 0 Å². The van der Waals surface area contributed by atoms with Crippen LogP contribution in [0.4, 0.5) is 5.69 Å². The van der Waals surface area contributed by atoms with Crippen LogP contribution in [0, 0.1) is 6.92 Å². The molecule has 156 valence electrons. The molecule has 1 aliphatic heterocycles. The molecule has 1 heterocycles. The molecule has 6 nitrogen and oxygen atoms in total. The summed E-state index contributed by atoms with van der Waals surface area (Å²) in [6.45, 7) is 2.05. The zero-order valence-corrected chi connectivity index (χ0v) is 18.2. The summed E-state index contributed by atoms with van der Waals surface area (Å²) in [6, 6.07) is 24.0. The molecule has 1 aliphatic rings. The fraction of sp³-hybridized carbons (Fsp3) is 0.125. The van der Waals surface area contributed by atoms with Gasteiger partial charge in [0.05, 0.1) is 12.8 Å². The third-order valence-electron chi connectivity index (χ3n) is 4.93. The molecule has 0 amide bonds. The van der Waals surface area contributed by atoms with Crippen LogP contribution < -0.4 is 20.9 Å². The van der Waals surface area contributed by atoms with Gasteiger partial charge in [-0.2, -0.15) is 5.10 Å². The predicted molar refractivity (Wildman–Crippen MR) is 130 cm³/mol. The number of amidine groups is 1. The van der Waals surface area contributed by atoms with Gasteiger partial charge < -0.3 is 10.1 Å². The normalized spacial score (nSPS) is 12.6. The number of rotatable bonds is 3. The average Bonchev–Trinajstić information content (AvgIpc) is 2.99. The van der Waals surface area contributed by atoms with Crippen molar-refractivity contribution in [1.82, 2.24) is 10.9 Å². The highest BCUT2D eigenvalue weighted by Crippen LogP contribution is 2.19. The fourth-order valence-corrected chi connectivity index (χ4v) is 3.41. The Balaban J connectivity index is 1.52.